The van der Waals surface area contributed by atoms with E-state index in [4.69, 9.17) is 4.74 Å². The van der Waals surface area contributed by atoms with Crippen LogP contribution in [-0.4, -0.2) is 47.8 Å². The number of rotatable bonds is 2. The van der Waals surface area contributed by atoms with E-state index in [1.54, 1.807) is 24.0 Å². The maximum absolute atomic E-state index is 12.3. The number of amides is 2. The molecule has 108 valence electrons. The van der Waals surface area contributed by atoms with Gasteiger partial charge in [-0.25, -0.2) is 9.59 Å². The molecule has 0 spiro atoms. The Labute approximate surface area is 117 Å². The molecule has 1 heterocycles. The zero-order chi connectivity index (χ0) is 14.7. The Morgan fingerprint density at radius 2 is 2.20 bits per heavy atom. The van der Waals surface area contributed by atoms with E-state index in [0.717, 1.165) is 5.56 Å². The number of nitrogens with zero attached hydrogens (tertiary/aromatic N) is 1. The monoisotopic (exact) mass is 278 g/mol. The zero-order valence-electron chi connectivity index (χ0n) is 11.5. The van der Waals surface area contributed by atoms with Crippen molar-refractivity contribution in [2.75, 3.05) is 25.1 Å². The molecule has 1 saturated heterocycles. The first-order chi connectivity index (χ1) is 9.50. The van der Waals surface area contributed by atoms with E-state index in [9.17, 15) is 14.7 Å². The number of carboxylic acids is 1. The van der Waals surface area contributed by atoms with Crippen LogP contribution >= 0.6 is 0 Å². The molecule has 2 rings (SSSR count). The molecule has 1 aliphatic rings. The van der Waals surface area contributed by atoms with Crippen LogP contribution in [-0.2, 0) is 4.74 Å². The fourth-order valence-electron chi connectivity index (χ4n) is 2.22. The Balaban J connectivity index is 2.21. The van der Waals surface area contributed by atoms with E-state index in [-0.39, 0.29) is 17.6 Å². The van der Waals surface area contributed by atoms with Gasteiger partial charge in [0.25, 0.3) is 0 Å². The molecular weight excluding hydrogens is 260 g/mol. The molecule has 0 saturated carbocycles. The molecule has 20 heavy (non-hydrogen) atoms. The predicted octanol–water partition coefficient (Wildman–Crippen LogP) is 1.95. The van der Waals surface area contributed by atoms with Gasteiger partial charge in [0.2, 0.25) is 0 Å². The highest BCUT2D eigenvalue weighted by Crippen LogP contribution is 2.21. The van der Waals surface area contributed by atoms with E-state index >= 15 is 0 Å². The number of carbonyl (C=O) groups is 2. The number of hydrogen-bond acceptors (Lipinski definition) is 3. The summed E-state index contributed by atoms with van der Waals surface area (Å²) in [5.41, 5.74) is 1.17. The summed E-state index contributed by atoms with van der Waals surface area (Å²) in [7, 11) is 0. The number of para-hydroxylation sites is 1. The minimum atomic E-state index is -1.06. The number of nitrogens with one attached hydrogen (secondary N) is 1. The number of urea groups is 1. The van der Waals surface area contributed by atoms with Crippen LogP contribution in [0.4, 0.5) is 10.5 Å². The van der Waals surface area contributed by atoms with Crippen molar-refractivity contribution in [3.05, 3.63) is 29.3 Å². The lowest BCUT2D eigenvalue weighted by Gasteiger charge is -2.33. The number of benzene rings is 1. The Bertz CT molecular complexity index is 530. The van der Waals surface area contributed by atoms with Gasteiger partial charge in [0.05, 0.1) is 30.5 Å². The summed E-state index contributed by atoms with van der Waals surface area (Å²) in [6, 6.07) is 4.59. The molecular formula is C14H18N2O4. The molecule has 1 aromatic rings. The van der Waals surface area contributed by atoms with E-state index in [1.807, 2.05) is 6.92 Å². The van der Waals surface area contributed by atoms with E-state index in [2.05, 4.69) is 5.32 Å². The molecule has 0 radical (unpaired) electrons. The molecule has 1 aliphatic heterocycles. The third-order valence-corrected chi connectivity index (χ3v) is 3.36. The molecule has 2 amide bonds. The number of ether oxygens (including phenoxy) is 1. The number of aryl methyl sites for hydroxylation is 1. The highest BCUT2D eigenvalue weighted by molar-refractivity contribution is 6.01. The third kappa shape index (κ3) is 2.91. The molecule has 6 nitrogen and oxygen atoms in total. The second-order valence-corrected chi connectivity index (χ2v) is 4.85. The second-order valence-electron chi connectivity index (χ2n) is 4.85. The lowest BCUT2D eigenvalue weighted by molar-refractivity contribution is 0.0221. The highest BCUT2D eigenvalue weighted by atomic mass is 16.5. The minimum absolute atomic E-state index is 0.0268. The van der Waals surface area contributed by atoms with Crippen LogP contribution in [0.1, 0.15) is 22.8 Å². The van der Waals surface area contributed by atoms with Crippen molar-refractivity contribution in [2.24, 2.45) is 0 Å². The van der Waals surface area contributed by atoms with Gasteiger partial charge in [-0.15, -0.1) is 0 Å². The van der Waals surface area contributed by atoms with Crippen LogP contribution in [0.25, 0.3) is 0 Å². The Kier molecular flexibility index (Phi) is 4.24. The van der Waals surface area contributed by atoms with Gasteiger partial charge < -0.3 is 20.1 Å². The van der Waals surface area contributed by atoms with Gasteiger partial charge in [0.15, 0.2) is 0 Å². The van der Waals surface area contributed by atoms with Gasteiger partial charge in [0.1, 0.15) is 0 Å². The van der Waals surface area contributed by atoms with E-state index < -0.39 is 5.97 Å². The van der Waals surface area contributed by atoms with Crippen LogP contribution in [0.15, 0.2) is 18.2 Å². The number of anilines is 1. The van der Waals surface area contributed by atoms with E-state index in [0.29, 0.717) is 25.4 Å². The summed E-state index contributed by atoms with van der Waals surface area (Å²) in [5, 5.41) is 11.9. The number of hydrogen-bond donors (Lipinski definition) is 2. The van der Waals surface area contributed by atoms with Crippen LogP contribution < -0.4 is 5.32 Å². The lowest BCUT2D eigenvalue weighted by atomic mass is 10.1. The number of aromatic carboxylic acids is 1. The highest BCUT2D eigenvalue weighted by Gasteiger charge is 2.25. The van der Waals surface area contributed by atoms with E-state index in [1.165, 1.54) is 6.07 Å². The first-order valence-corrected chi connectivity index (χ1v) is 6.49. The first kappa shape index (κ1) is 14.3. The average molecular weight is 278 g/mol. The van der Waals surface area contributed by atoms with Gasteiger partial charge in [-0.1, -0.05) is 12.1 Å². The van der Waals surface area contributed by atoms with Crippen molar-refractivity contribution < 1.29 is 19.4 Å². The quantitative estimate of drug-likeness (QED) is 0.866. The fraction of sp³-hybridized carbons (Fsp3) is 0.429. The fourth-order valence-corrected chi connectivity index (χ4v) is 2.22. The average Bonchev–Trinajstić information content (AvgIpc) is 2.41. The summed E-state index contributed by atoms with van der Waals surface area (Å²) >= 11 is 0. The normalized spacial score (nSPS) is 18.7. The van der Waals surface area contributed by atoms with Gasteiger partial charge in [0, 0.05) is 6.54 Å². The van der Waals surface area contributed by atoms with Gasteiger partial charge >= 0.3 is 12.0 Å². The second kappa shape index (κ2) is 5.92. The summed E-state index contributed by atoms with van der Waals surface area (Å²) in [6.45, 7) is 5.16. The molecule has 1 unspecified atom stereocenters. The van der Waals surface area contributed by atoms with Crippen molar-refractivity contribution >= 4 is 17.7 Å². The number of morpholine rings is 1. The van der Waals surface area contributed by atoms with Crippen LogP contribution in [0.2, 0.25) is 0 Å². The topological polar surface area (TPSA) is 78.9 Å². The minimum Gasteiger partial charge on any atom is -0.478 e. The van der Waals surface area contributed by atoms with Crippen molar-refractivity contribution in [3.8, 4) is 0 Å². The molecule has 1 fully saturated rings. The molecule has 1 atom stereocenters. The van der Waals surface area contributed by atoms with Crippen molar-refractivity contribution in [1.82, 2.24) is 4.90 Å². The molecule has 0 aromatic heterocycles. The van der Waals surface area contributed by atoms with Crippen molar-refractivity contribution in [2.45, 2.75) is 19.9 Å². The summed E-state index contributed by atoms with van der Waals surface area (Å²) in [5.74, 6) is -1.06. The van der Waals surface area contributed by atoms with Crippen molar-refractivity contribution in [1.29, 1.82) is 0 Å². The summed E-state index contributed by atoms with van der Waals surface area (Å²) in [4.78, 5) is 25.1. The van der Waals surface area contributed by atoms with Crippen LogP contribution in [0.3, 0.4) is 0 Å². The Hall–Kier alpha value is -2.08. The maximum atomic E-state index is 12.3. The van der Waals surface area contributed by atoms with Crippen molar-refractivity contribution in [3.63, 3.8) is 0 Å². The Morgan fingerprint density at radius 1 is 1.45 bits per heavy atom. The molecule has 0 bridgehead atoms. The zero-order valence-corrected chi connectivity index (χ0v) is 11.5. The summed E-state index contributed by atoms with van der Waals surface area (Å²) in [6.07, 6.45) is 0. The standard InChI is InChI=1S/C14H18N2O4/c1-9-4-3-5-11(13(17)18)12(9)15-14(19)16-6-7-20-8-10(16)2/h3-5,10H,6-8H2,1-2H3,(H,15,19)(H,17,18). The third-order valence-electron chi connectivity index (χ3n) is 3.36. The maximum Gasteiger partial charge on any atom is 0.337 e. The van der Waals surface area contributed by atoms with Gasteiger partial charge in [-0.3, -0.25) is 0 Å². The van der Waals surface area contributed by atoms with Gasteiger partial charge in [-0.2, -0.15) is 0 Å². The van der Waals surface area contributed by atoms with Crippen LogP contribution in [0, 0.1) is 6.92 Å². The molecule has 0 aliphatic carbocycles. The number of carbonyl (C=O) groups excluding carboxylic acids is 1. The van der Waals surface area contributed by atoms with Gasteiger partial charge in [-0.05, 0) is 25.5 Å². The van der Waals surface area contributed by atoms with Crippen LogP contribution in [0.5, 0.6) is 0 Å². The predicted molar refractivity (Wildman–Crippen MR) is 74.1 cm³/mol. The molecule has 1 aromatic carbocycles. The SMILES string of the molecule is Cc1cccc(C(=O)O)c1NC(=O)N1CCOCC1C. The largest absolute Gasteiger partial charge is 0.478 e. The Morgan fingerprint density at radius 3 is 2.85 bits per heavy atom. The first-order valence-electron chi connectivity index (χ1n) is 6.49. The number of carboxylic acid groups (broad SMARTS) is 1. The molecule has 2 N–H and O–H groups in total. The molecule has 6 heteroatoms. The lowest BCUT2D eigenvalue weighted by Crippen LogP contribution is -2.49. The smallest absolute Gasteiger partial charge is 0.337 e. The summed E-state index contributed by atoms with van der Waals surface area (Å²) < 4.78 is 5.28.